The minimum atomic E-state index is -1.01. The molecule has 2 unspecified atom stereocenters. The van der Waals surface area contributed by atoms with Gasteiger partial charge in [-0.1, -0.05) is 69.4 Å². The number of nitrogens with one attached hydrogen (secondary N) is 1. The standard InChI is InChI=1S/C31H43NO4S2.Li.H/c1-4-38-21-25(18-23-11-6-5-7-12-23)36-20-24-14-15-27(28(19-24)26-13-9-8-10-22(26)2)30(33)32-29(31(34)35)16-17-37-3;;/h8-10,13-15,19,23,25,29H,4-7,11-12,16-18,20-21H2,1-3H3,(H,32,33)(H,34,35);;. The molecule has 39 heavy (non-hydrogen) atoms. The van der Waals surface area contributed by atoms with E-state index in [1.165, 1.54) is 32.1 Å². The zero-order valence-electron chi connectivity index (χ0n) is 23.0. The first kappa shape index (κ1) is 33.8. The monoisotopic (exact) mass is 565 g/mol. The number of carbonyl (C=O) groups is 2. The first-order valence-electron chi connectivity index (χ1n) is 13.8. The van der Waals surface area contributed by atoms with Gasteiger partial charge in [-0.2, -0.15) is 23.5 Å². The molecule has 2 aromatic carbocycles. The van der Waals surface area contributed by atoms with E-state index in [4.69, 9.17) is 4.74 Å². The number of aliphatic carboxylic acids is 1. The van der Waals surface area contributed by atoms with E-state index in [1.54, 1.807) is 11.8 Å². The molecule has 1 aliphatic rings. The molecule has 0 bridgehead atoms. The number of thioether (sulfide) groups is 2. The second-order valence-electron chi connectivity index (χ2n) is 10.2. The van der Waals surface area contributed by atoms with Crippen LogP contribution < -0.4 is 5.32 Å². The third kappa shape index (κ3) is 10.9. The summed E-state index contributed by atoms with van der Waals surface area (Å²) in [5.41, 5.74) is 4.34. The molecule has 5 nitrogen and oxygen atoms in total. The van der Waals surface area contributed by atoms with Gasteiger partial charge in [-0.25, -0.2) is 4.79 Å². The van der Waals surface area contributed by atoms with Crippen molar-refractivity contribution in [1.29, 1.82) is 0 Å². The van der Waals surface area contributed by atoms with Crippen LogP contribution in [-0.4, -0.2) is 71.5 Å². The topological polar surface area (TPSA) is 75.6 Å². The average Bonchev–Trinajstić information content (AvgIpc) is 2.93. The van der Waals surface area contributed by atoms with Crippen LogP contribution in [0.3, 0.4) is 0 Å². The Morgan fingerprint density at radius 1 is 1.10 bits per heavy atom. The zero-order valence-corrected chi connectivity index (χ0v) is 24.7. The SMILES string of the molecule is CCSCC(CC1CCCCC1)OCc1ccc(C(=O)NC(CCSC)C(=O)O)c(-c2ccccc2C)c1.[LiH]. The molecule has 1 amide bonds. The van der Waals surface area contributed by atoms with Crippen molar-refractivity contribution in [2.45, 2.75) is 77.5 Å². The molecule has 1 fully saturated rings. The second kappa shape index (κ2) is 18.1. The number of carboxylic acids is 1. The van der Waals surface area contributed by atoms with Crippen LogP contribution in [0.15, 0.2) is 42.5 Å². The van der Waals surface area contributed by atoms with Crippen LogP contribution in [0.25, 0.3) is 11.1 Å². The van der Waals surface area contributed by atoms with Gasteiger partial charge in [0.05, 0.1) is 12.7 Å². The van der Waals surface area contributed by atoms with Gasteiger partial charge in [0.2, 0.25) is 0 Å². The van der Waals surface area contributed by atoms with Crippen molar-refractivity contribution in [3.63, 3.8) is 0 Å². The van der Waals surface area contributed by atoms with E-state index in [9.17, 15) is 14.7 Å². The van der Waals surface area contributed by atoms with E-state index in [0.29, 0.717) is 24.3 Å². The number of benzene rings is 2. The molecule has 210 valence electrons. The van der Waals surface area contributed by atoms with Gasteiger partial charge in [0.1, 0.15) is 6.04 Å². The van der Waals surface area contributed by atoms with Crippen molar-refractivity contribution in [2.75, 3.05) is 23.5 Å². The molecule has 1 aliphatic carbocycles. The Balaban J connectivity index is 0.00000533. The maximum absolute atomic E-state index is 13.3. The number of rotatable bonds is 15. The van der Waals surface area contributed by atoms with E-state index in [2.05, 4.69) is 12.2 Å². The van der Waals surface area contributed by atoms with Crippen molar-refractivity contribution in [3.05, 3.63) is 59.2 Å². The van der Waals surface area contributed by atoms with Gasteiger partial charge >= 0.3 is 24.8 Å². The Kier molecular flexibility index (Phi) is 15.7. The van der Waals surface area contributed by atoms with Crippen LogP contribution >= 0.6 is 23.5 Å². The third-order valence-corrected chi connectivity index (χ3v) is 8.95. The van der Waals surface area contributed by atoms with Crippen LogP contribution in [0.1, 0.15) is 73.4 Å². The second-order valence-corrected chi connectivity index (χ2v) is 12.5. The number of carbonyl (C=O) groups excluding carboxylic acids is 1. The summed E-state index contributed by atoms with van der Waals surface area (Å²) in [5.74, 6) is 2.14. The molecule has 0 spiro atoms. The van der Waals surface area contributed by atoms with Crippen molar-refractivity contribution in [2.24, 2.45) is 5.92 Å². The van der Waals surface area contributed by atoms with Crippen LogP contribution in [0.4, 0.5) is 0 Å². The first-order chi connectivity index (χ1) is 18.4. The van der Waals surface area contributed by atoms with E-state index >= 15 is 0 Å². The molecule has 0 saturated heterocycles. The Morgan fingerprint density at radius 2 is 1.85 bits per heavy atom. The Morgan fingerprint density at radius 3 is 2.51 bits per heavy atom. The fraction of sp³-hybridized carbons (Fsp3) is 0.548. The quantitative estimate of drug-likeness (QED) is 0.238. The molecule has 2 atom stereocenters. The summed E-state index contributed by atoms with van der Waals surface area (Å²) in [6, 6.07) is 12.9. The molecule has 1 saturated carbocycles. The number of ether oxygens (including phenoxy) is 1. The summed E-state index contributed by atoms with van der Waals surface area (Å²) in [4.78, 5) is 25.1. The molecular formula is C31H44LiNO4S2. The first-order valence-corrected chi connectivity index (χ1v) is 16.4. The summed E-state index contributed by atoms with van der Waals surface area (Å²) in [6.45, 7) is 4.71. The molecule has 2 aromatic rings. The predicted octanol–water partition coefficient (Wildman–Crippen LogP) is 6.56. The third-order valence-electron chi connectivity index (χ3n) is 7.29. The van der Waals surface area contributed by atoms with E-state index in [0.717, 1.165) is 46.1 Å². The molecule has 3 rings (SSSR count). The van der Waals surface area contributed by atoms with Gasteiger partial charge in [-0.3, -0.25) is 4.79 Å². The van der Waals surface area contributed by atoms with Crippen LogP contribution in [0.5, 0.6) is 0 Å². The summed E-state index contributed by atoms with van der Waals surface area (Å²) in [7, 11) is 0. The fourth-order valence-corrected chi connectivity index (χ4v) is 6.35. The summed E-state index contributed by atoms with van der Waals surface area (Å²) in [6.07, 6.45) is 10.3. The zero-order chi connectivity index (χ0) is 27.3. The molecule has 0 heterocycles. The minimum absolute atomic E-state index is 0. The fourth-order valence-electron chi connectivity index (χ4n) is 5.15. The van der Waals surface area contributed by atoms with Crippen molar-refractivity contribution >= 4 is 54.3 Å². The van der Waals surface area contributed by atoms with E-state index in [-0.39, 0.29) is 30.9 Å². The van der Waals surface area contributed by atoms with Gasteiger partial charge in [-0.15, -0.1) is 0 Å². The number of carboxylic acid groups (broad SMARTS) is 1. The van der Waals surface area contributed by atoms with Crippen LogP contribution in [0.2, 0.25) is 0 Å². The molecule has 2 N–H and O–H groups in total. The van der Waals surface area contributed by atoms with E-state index < -0.39 is 12.0 Å². The molecular weight excluding hydrogens is 521 g/mol. The van der Waals surface area contributed by atoms with Gasteiger partial charge in [0.25, 0.3) is 5.91 Å². The number of hydrogen-bond acceptors (Lipinski definition) is 5. The van der Waals surface area contributed by atoms with E-state index in [1.807, 2.05) is 67.4 Å². The molecule has 0 aromatic heterocycles. The Bertz CT molecular complexity index is 1040. The summed E-state index contributed by atoms with van der Waals surface area (Å²) in [5, 5.41) is 12.4. The van der Waals surface area contributed by atoms with Gasteiger partial charge < -0.3 is 15.2 Å². The number of aryl methyl sites for hydroxylation is 1. The number of hydrogen-bond donors (Lipinski definition) is 2. The maximum atomic E-state index is 13.3. The van der Waals surface area contributed by atoms with Gasteiger partial charge in [0, 0.05) is 11.3 Å². The normalized spacial score (nSPS) is 15.3. The molecule has 8 heteroatoms. The van der Waals surface area contributed by atoms with Gasteiger partial charge in [0.15, 0.2) is 0 Å². The Labute approximate surface area is 255 Å². The average molecular weight is 566 g/mol. The predicted molar refractivity (Wildman–Crippen MR) is 168 cm³/mol. The summed E-state index contributed by atoms with van der Waals surface area (Å²) >= 11 is 3.50. The van der Waals surface area contributed by atoms with Gasteiger partial charge in [-0.05, 0) is 77.8 Å². The van der Waals surface area contributed by atoms with Crippen molar-refractivity contribution < 1.29 is 19.4 Å². The Hall–Kier alpha value is -1.36. The molecule has 0 aliphatic heterocycles. The van der Waals surface area contributed by atoms with Crippen LogP contribution in [0, 0.1) is 12.8 Å². The van der Waals surface area contributed by atoms with Crippen molar-refractivity contribution in [1.82, 2.24) is 5.32 Å². The van der Waals surface area contributed by atoms with Crippen LogP contribution in [-0.2, 0) is 16.1 Å². The van der Waals surface area contributed by atoms with Crippen molar-refractivity contribution in [3.8, 4) is 11.1 Å². The number of amides is 1. The summed E-state index contributed by atoms with van der Waals surface area (Å²) < 4.78 is 6.49. The molecule has 0 radical (unpaired) electrons.